The lowest BCUT2D eigenvalue weighted by Gasteiger charge is -2.22. The lowest BCUT2D eigenvalue weighted by molar-refractivity contribution is 0.565. The average Bonchev–Trinajstić information content (AvgIpc) is 3.24. The van der Waals surface area contributed by atoms with Gasteiger partial charge in [0.1, 0.15) is 11.9 Å². The van der Waals surface area contributed by atoms with E-state index in [1.807, 2.05) is 31.4 Å². The van der Waals surface area contributed by atoms with Gasteiger partial charge in [0.25, 0.3) is 0 Å². The van der Waals surface area contributed by atoms with Crippen LogP contribution in [-0.4, -0.2) is 47.4 Å². The smallest absolute Gasteiger partial charge is 0.140 e. The van der Waals surface area contributed by atoms with Crippen molar-refractivity contribution in [2.45, 2.75) is 17.8 Å². The molecule has 1 fully saturated rings. The summed E-state index contributed by atoms with van der Waals surface area (Å²) in [5, 5.41) is 18.4. The third-order valence-electron chi connectivity index (χ3n) is 5.50. The van der Waals surface area contributed by atoms with E-state index in [9.17, 15) is 9.65 Å². The first-order chi connectivity index (χ1) is 15.1. The Morgan fingerprint density at radius 2 is 2.19 bits per heavy atom. The first-order valence-electron chi connectivity index (χ1n) is 10.2. The number of hydrogen-bond acceptors (Lipinski definition) is 7. The number of aromatic nitrogens is 1. The second-order valence-corrected chi connectivity index (χ2v) is 8.86. The molecule has 0 bridgehead atoms. The Morgan fingerprint density at radius 1 is 1.32 bits per heavy atom. The van der Waals surface area contributed by atoms with Crippen molar-refractivity contribution in [3.63, 3.8) is 0 Å². The molecule has 2 atom stereocenters. The number of halogens is 1. The third kappa shape index (κ3) is 4.81. The zero-order chi connectivity index (χ0) is 21.8. The zero-order valence-electron chi connectivity index (χ0n) is 17.3. The number of nitrogens with zero attached hydrogens (tertiary/aromatic N) is 3. The number of likely N-dealkylation sites (N-methyl/N-ethyl adjacent to an activating group) is 1. The maximum Gasteiger partial charge on any atom is 0.140 e. The Hall–Kier alpha value is -2.70. The molecule has 1 saturated heterocycles. The number of hydrogen-bond donors (Lipinski definition) is 3. The fourth-order valence-corrected chi connectivity index (χ4v) is 4.86. The summed E-state index contributed by atoms with van der Waals surface area (Å²) in [5.74, 6) is -0.504. The zero-order valence-corrected chi connectivity index (χ0v) is 18.1. The molecule has 0 radical (unpaired) electrons. The van der Waals surface area contributed by atoms with Crippen LogP contribution in [0, 0.1) is 17.1 Å². The first-order valence-corrected chi connectivity index (χ1v) is 11.1. The topological polar surface area (TPSA) is 90.0 Å². The minimum Gasteiger partial charge on any atom is -0.380 e. The van der Waals surface area contributed by atoms with Crippen LogP contribution in [0.2, 0.25) is 0 Å². The van der Waals surface area contributed by atoms with E-state index in [0.717, 1.165) is 47.1 Å². The van der Waals surface area contributed by atoms with E-state index in [0.29, 0.717) is 12.6 Å². The number of rotatable bonds is 7. The molecule has 4 rings (SSSR count). The normalized spacial score (nSPS) is 17.5. The molecular weight excluding hydrogens is 411 g/mol. The predicted octanol–water partition coefficient (Wildman–Crippen LogP) is 3.55. The quantitative estimate of drug-likeness (QED) is 0.385. The Kier molecular flexibility index (Phi) is 6.68. The first kappa shape index (κ1) is 21.5. The van der Waals surface area contributed by atoms with Gasteiger partial charge in [0.05, 0.1) is 10.9 Å². The summed E-state index contributed by atoms with van der Waals surface area (Å²) in [7, 11) is 1.92. The molecule has 1 aliphatic heterocycles. The van der Waals surface area contributed by atoms with Gasteiger partial charge in [0, 0.05) is 49.1 Å². The van der Waals surface area contributed by atoms with Gasteiger partial charge in [-0.2, -0.15) is 5.26 Å². The maximum absolute atomic E-state index is 13.8. The van der Waals surface area contributed by atoms with Gasteiger partial charge in [0.2, 0.25) is 0 Å². The molecule has 0 spiro atoms. The molecule has 4 N–H and O–H groups in total. The highest BCUT2D eigenvalue weighted by atomic mass is 32.2. The highest BCUT2D eigenvalue weighted by Gasteiger charge is 2.25. The summed E-state index contributed by atoms with van der Waals surface area (Å²) < 4.78 is 16.1. The predicted molar refractivity (Wildman–Crippen MR) is 125 cm³/mol. The van der Waals surface area contributed by atoms with Crippen molar-refractivity contribution in [3.05, 3.63) is 60.2 Å². The maximum atomic E-state index is 13.8. The van der Waals surface area contributed by atoms with Gasteiger partial charge in [-0.05, 0) is 60.3 Å². The second-order valence-electron chi connectivity index (χ2n) is 7.56. The molecule has 3 aromatic rings. The van der Waals surface area contributed by atoms with Crippen molar-refractivity contribution in [1.82, 2.24) is 14.6 Å². The van der Waals surface area contributed by atoms with Crippen LogP contribution in [-0.2, 0) is 0 Å². The minimum atomic E-state index is -0.504. The van der Waals surface area contributed by atoms with Gasteiger partial charge < -0.3 is 16.4 Å². The monoisotopic (exact) mass is 436 g/mol. The van der Waals surface area contributed by atoms with Gasteiger partial charge in [-0.25, -0.2) is 8.70 Å². The van der Waals surface area contributed by atoms with E-state index in [1.165, 1.54) is 6.07 Å². The van der Waals surface area contributed by atoms with Crippen molar-refractivity contribution in [2.24, 2.45) is 5.73 Å². The van der Waals surface area contributed by atoms with Gasteiger partial charge in [0.15, 0.2) is 0 Å². The molecule has 0 saturated carbocycles. The number of pyridine rings is 1. The third-order valence-corrected chi connectivity index (χ3v) is 6.81. The summed E-state index contributed by atoms with van der Waals surface area (Å²) in [4.78, 5) is 4.30. The van der Waals surface area contributed by atoms with E-state index >= 15 is 0 Å². The average molecular weight is 437 g/mol. The molecule has 2 heterocycles. The largest absolute Gasteiger partial charge is 0.380 e. The van der Waals surface area contributed by atoms with Crippen molar-refractivity contribution in [3.8, 4) is 17.2 Å². The van der Waals surface area contributed by atoms with E-state index in [4.69, 9.17) is 5.73 Å². The number of nitrogens with one attached hydrogen (secondary N) is 2. The molecule has 2 aromatic carbocycles. The second kappa shape index (κ2) is 9.62. The highest BCUT2D eigenvalue weighted by molar-refractivity contribution is 7.97. The molecule has 6 nitrogen and oxygen atoms in total. The van der Waals surface area contributed by atoms with Gasteiger partial charge in [-0.15, -0.1) is 0 Å². The molecule has 2 unspecified atom stereocenters. The molecule has 0 aliphatic carbocycles. The number of benzene rings is 2. The molecule has 1 aromatic heterocycles. The van der Waals surface area contributed by atoms with Crippen molar-refractivity contribution >= 4 is 28.4 Å². The Morgan fingerprint density at radius 3 is 2.97 bits per heavy atom. The van der Waals surface area contributed by atoms with Gasteiger partial charge in [-0.1, -0.05) is 18.0 Å². The molecule has 31 heavy (non-hydrogen) atoms. The lowest BCUT2D eigenvalue weighted by Crippen LogP contribution is -2.34. The van der Waals surface area contributed by atoms with Crippen LogP contribution in [0.3, 0.4) is 0 Å². The van der Waals surface area contributed by atoms with Crippen LogP contribution < -0.4 is 16.4 Å². The summed E-state index contributed by atoms with van der Waals surface area (Å²) in [5.41, 5.74) is 8.58. The van der Waals surface area contributed by atoms with E-state index in [1.54, 1.807) is 30.3 Å². The van der Waals surface area contributed by atoms with Crippen LogP contribution in [0.25, 0.3) is 21.9 Å². The Bertz CT molecular complexity index is 1110. The summed E-state index contributed by atoms with van der Waals surface area (Å²) in [6.45, 7) is 2.47. The van der Waals surface area contributed by atoms with Crippen LogP contribution in [0.15, 0.2) is 48.8 Å². The lowest BCUT2D eigenvalue weighted by atomic mass is 9.99. The molecule has 160 valence electrons. The molecule has 8 heteroatoms. The number of fused-ring (bicyclic) bond motifs is 1. The summed E-state index contributed by atoms with van der Waals surface area (Å²) in [6.07, 6.45) is 4.65. The van der Waals surface area contributed by atoms with E-state index in [2.05, 4.69) is 26.0 Å². The van der Waals surface area contributed by atoms with Crippen LogP contribution in [0.4, 0.5) is 10.1 Å². The fraction of sp³-hybridized carbons (Fsp3) is 0.304. The number of anilines is 1. The van der Waals surface area contributed by atoms with Gasteiger partial charge in [-0.3, -0.25) is 4.98 Å². The minimum absolute atomic E-state index is 0.0456. The number of nitriles is 1. The Balaban J connectivity index is 1.61. The molecule has 1 aliphatic rings. The summed E-state index contributed by atoms with van der Waals surface area (Å²) >= 11 is 1.75. The van der Waals surface area contributed by atoms with Crippen LogP contribution in [0.5, 0.6) is 0 Å². The van der Waals surface area contributed by atoms with Crippen molar-refractivity contribution in [2.75, 3.05) is 32.0 Å². The number of nitrogens with two attached hydrogens (primary N) is 1. The molecular formula is C23H25FN6S. The van der Waals surface area contributed by atoms with Crippen LogP contribution >= 0.6 is 11.9 Å². The van der Waals surface area contributed by atoms with E-state index < -0.39 is 5.82 Å². The summed E-state index contributed by atoms with van der Waals surface area (Å²) in [6, 6.07) is 12.9. The highest BCUT2D eigenvalue weighted by Crippen LogP contribution is 2.33. The van der Waals surface area contributed by atoms with Crippen molar-refractivity contribution in [1.29, 1.82) is 5.26 Å². The molecule has 0 amide bonds. The van der Waals surface area contributed by atoms with Gasteiger partial charge >= 0.3 is 0 Å². The van der Waals surface area contributed by atoms with E-state index in [-0.39, 0.29) is 10.9 Å². The fourth-order valence-electron chi connectivity index (χ4n) is 3.83. The van der Waals surface area contributed by atoms with Crippen LogP contribution in [0.1, 0.15) is 12.0 Å². The standard InChI is InChI=1S/C23H25FN6S/c1-27-23(12-26)31-30-7-5-19(14-30)29-22-10-17(9-16-4-6-28-13-20(16)22)15-2-3-21(24)18(8-15)11-25/h2-4,6,8-10,13,19,23,27,29H,5,7,12,14,26H2,1H3. The Labute approximate surface area is 185 Å². The SMILES string of the molecule is CNC(CN)SN1CCC(Nc2cc(-c3ccc(F)c(C#N)c3)cc3ccncc23)C1. The van der Waals surface area contributed by atoms with Crippen molar-refractivity contribution < 1.29 is 4.39 Å².